The van der Waals surface area contributed by atoms with Gasteiger partial charge in [-0.2, -0.15) is 0 Å². The first-order valence-electron chi connectivity index (χ1n) is 14.1. The predicted octanol–water partition coefficient (Wildman–Crippen LogP) is 4.15. The lowest BCUT2D eigenvalue weighted by atomic mass is 9.33. The van der Waals surface area contributed by atoms with Crippen LogP contribution in [-0.4, -0.2) is 56.4 Å². The van der Waals surface area contributed by atoms with E-state index in [-0.39, 0.29) is 46.0 Å². The molecule has 0 aromatic carbocycles. The third kappa shape index (κ3) is 2.96. The van der Waals surface area contributed by atoms with Gasteiger partial charge in [-0.3, -0.25) is 4.79 Å². The predicted molar refractivity (Wildman–Crippen MR) is 137 cm³/mol. The van der Waals surface area contributed by atoms with Crippen molar-refractivity contribution in [1.29, 1.82) is 0 Å². The maximum absolute atomic E-state index is 12.8. The molecule has 6 heteroatoms. The number of allylic oxidation sites excluding steroid dienone is 1. The van der Waals surface area contributed by atoms with Crippen molar-refractivity contribution in [2.24, 2.45) is 50.2 Å². The monoisotopic (exact) mass is 504 g/mol. The summed E-state index contributed by atoms with van der Waals surface area (Å²) in [6.45, 7) is 12.9. The summed E-state index contributed by atoms with van der Waals surface area (Å²) >= 11 is 0. The minimum Gasteiger partial charge on any atom is -0.481 e. The molecule has 204 valence electrons. The van der Waals surface area contributed by atoms with Gasteiger partial charge in [0.25, 0.3) is 0 Å². The van der Waals surface area contributed by atoms with Gasteiger partial charge in [-0.25, -0.2) is 0 Å². The number of carboxylic acid groups (broad SMARTS) is 1. The Kier molecular flexibility index (Phi) is 5.77. The molecule has 0 saturated heterocycles. The SMILES string of the molecule is CC1(C)CC[C@]2(C(=O)O)CC[C@]3(C)C(=CC[C@H]4[C@@]5(C)C[C@@H](O)[C@H](O)[C@@](C)(CO)[C@@H]5CC[C@]43C)[C@@H]2[C@@H]1O. The van der Waals surface area contributed by atoms with E-state index < -0.39 is 35.1 Å². The molecule has 0 aromatic heterocycles. The average Bonchev–Trinajstić information content (AvgIpc) is 2.80. The zero-order chi connectivity index (χ0) is 26.7. The van der Waals surface area contributed by atoms with Gasteiger partial charge >= 0.3 is 5.97 Å². The first-order chi connectivity index (χ1) is 16.5. The lowest BCUT2D eigenvalue weighted by Crippen LogP contribution is -2.69. The lowest BCUT2D eigenvalue weighted by molar-refractivity contribution is -0.245. The van der Waals surface area contributed by atoms with Crippen LogP contribution in [-0.2, 0) is 4.79 Å². The van der Waals surface area contributed by atoms with Gasteiger partial charge in [-0.05, 0) is 84.9 Å². The van der Waals surface area contributed by atoms with Crippen LogP contribution in [0.25, 0.3) is 0 Å². The molecule has 36 heavy (non-hydrogen) atoms. The third-order valence-electron chi connectivity index (χ3n) is 13.4. The summed E-state index contributed by atoms with van der Waals surface area (Å²) in [5, 5.41) is 54.5. The van der Waals surface area contributed by atoms with Crippen LogP contribution in [0.5, 0.6) is 0 Å². The number of aliphatic hydroxyl groups excluding tert-OH is 4. The molecule has 0 amide bonds. The number of hydrogen-bond acceptors (Lipinski definition) is 5. The van der Waals surface area contributed by atoms with Crippen LogP contribution in [0.15, 0.2) is 11.6 Å². The zero-order valence-corrected chi connectivity index (χ0v) is 23.0. The highest BCUT2D eigenvalue weighted by Crippen LogP contribution is 2.75. The van der Waals surface area contributed by atoms with Crippen LogP contribution in [0.2, 0.25) is 0 Å². The second-order valence-electron chi connectivity index (χ2n) is 15.0. The van der Waals surface area contributed by atoms with Crippen LogP contribution >= 0.6 is 0 Å². The fourth-order valence-corrected chi connectivity index (χ4v) is 10.8. The zero-order valence-electron chi connectivity index (χ0n) is 23.0. The quantitative estimate of drug-likeness (QED) is 0.361. The average molecular weight is 505 g/mol. The normalized spacial score (nSPS) is 55.9. The molecule has 4 fully saturated rings. The second-order valence-corrected chi connectivity index (χ2v) is 15.0. The highest BCUT2D eigenvalue weighted by molar-refractivity contribution is 5.77. The first kappa shape index (κ1) is 26.6. The van der Waals surface area contributed by atoms with Gasteiger partial charge in [0, 0.05) is 11.3 Å². The van der Waals surface area contributed by atoms with Gasteiger partial charge < -0.3 is 25.5 Å². The molecule has 0 radical (unpaired) electrons. The Hall–Kier alpha value is -0.950. The Morgan fingerprint density at radius 2 is 1.56 bits per heavy atom. The summed E-state index contributed by atoms with van der Waals surface area (Å²) in [7, 11) is 0. The van der Waals surface area contributed by atoms with E-state index in [0.717, 1.165) is 31.3 Å². The fraction of sp³-hybridized carbons (Fsp3) is 0.900. The largest absolute Gasteiger partial charge is 0.481 e. The van der Waals surface area contributed by atoms with Gasteiger partial charge in [0.2, 0.25) is 0 Å². The van der Waals surface area contributed by atoms with E-state index in [0.29, 0.717) is 25.7 Å². The van der Waals surface area contributed by atoms with Gasteiger partial charge in [0.05, 0.1) is 30.3 Å². The van der Waals surface area contributed by atoms with E-state index in [1.165, 1.54) is 0 Å². The molecule has 5 rings (SSSR count). The molecule has 5 aliphatic rings. The van der Waals surface area contributed by atoms with Gasteiger partial charge in [-0.15, -0.1) is 0 Å². The Labute approximate surface area is 216 Å². The molecule has 0 spiro atoms. The Morgan fingerprint density at radius 3 is 2.17 bits per heavy atom. The summed E-state index contributed by atoms with van der Waals surface area (Å²) in [4.78, 5) is 12.8. The van der Waals surface area contributed by atoms with Crippen molar-refractivity contribution in [2.45, 2.75) is 111 Å². The van der Waals surface area contributed by atoms with Crippen LogP contribution in [0.3, 0.4) is 0 Å². The molecule has 6 nitrogen and oxygen atoms in total. The van der Waals surface area contributed by atoms with Gasteiger partial charge in [0.1, 0.15) is 0 Å². The van der Waals surface area contributed by atoms with E-state index in [1.54, 1.807) is 0 Å². The summed E-state index contributed by atoms with van der Waals surface area (Å²) in [6, 6.07) is 0. The Morgan fingerprint density at radius 1 is 0.917 bits per heavy atom. The molecule has 0 aromatic rings. The van der Waals surface area contributed by atoms with Crippen molar-refractivity contribution in [3.05, 3.63) is 11.6 Å². The highest BCUT2D eigenvalue weighted by atomic mass is 16.4. The van der Waals surface area contributed by atoms with Gasteiger partial charge in [0.15, 0.2) is 0 Å². The van der Waals surface area contributed by atoms with E-state index in [2.05, 4.69) is 40.7 Å². The second kappa shape index (κ2) is 7.80. The minimum atomic E-state index is -0.944. The molecule has 0 unspecified atom stereocenters. The summed E-state index contributed by atoms with van der Waals surface area (Å²) < 4.78 is 0. The van der Waals surface area contributed by atoms with Gasteiger partial charge in [-0.1, -0.05) is 53.2 Å². The van der Waals surface area contributed by atoms with E-state index >= 15 is 0 Å². The Bertz CT molecular complexity index is 974. The molecule has 11 atom stereocenters. The van der Waals surface area contributed by atoms with Crippen molar-refractivity contribution < 1.29 is 30.3 Å². The number of rotatable bonds is 2. The first-order valence-corrected chi connectivity index (χ1v) is 14.1. The smallest absolute Gasteiger partial charge is 0.310 e. The van der Waals surface area contributed by atoms with Crippen molar-refractivity contribution in [1.82, 2.24) is 0 Å². The van der Waals surface area contributed by atoms with E-state index in [1.807, 2.05) is 6.92 Å². The minimum absolute atomic E-state index is 0.0888. The molecule has 0 aliphatic heterocycles. The van der Waals surface area contributed by atoms with E-state index in [9.17, 15) is 30.3 Å². The highest BCUT2D eigenvalue weighted by Gasteiger charge is 2.71. The molecular weight excluding hydrogens is 456 g/mol. The van der Waals surface area contributed by atoms with Crippen molar-refractivity contribution in [2.75, 3.05) is 6.61 Å². The van der Waals surface area contributed by atoms with Crippen LogP contribution in [0.4, 0.5) is 0 Å². The molecular formula is C30H48O6. The standard InChI is InChI=1S/C30H48O6/c1-25(2)11-13-30(24(35)36)14-12-28(5)17(21(30)23(25)34)7-8-20-26(3)15-18(32)22(33)27(4,16-31)19(26)9-10-29(20,28)6/h7,18-23,31-34H,8-16H2,1-6H3,(H,35,36)/t18-,19-,20+,21-,22+,23+,26+,27+,28-,29-,30+/m1/s1. The molecule has 4 saturated carbocycles. The number of hydrogen-bond donors (Lipinski definition) is 5. The maximum atomic E-state index is 12.8. The third-order valence-corrected chi connectivity index (χ3v) is 13.4. The van der Waals surface area contributed by atoms with Crippen molar-refractivity contribution in [3.63, 3.8) is 0 Å². The Balaban J connectivity index is 1.63. The molecule has 5 N–H and O–H groups in total. The molecule has 5 aliphatic carbocycles. The number of carboxylic acids is 1. The van der Waals surface area contributed by atoms with Crippen LogP contribution < -0.4 is 0 Å². The molecule has 0 bridgehead atoms. The lowest BCUT2D eigenvalue weighted by Gasteiger charge is -2.71. The summed E-state index contributed by atoms with van der Waals surface area (Å²) in [6.07, 6.45) is 5.48. The van der Waals surface area contributed by atoms with Crippen molar-refractivity contribution in [3.8, 4) is 0 Å². The van der Waals surface area contributed by atoms with Crippen LogP contribution in [0.1, 0.15) is 92.9 Å². The number of fused-ring (bicyclic) bond motifs is 7. The van der Waals surface area contributed by atoms with E-state index in [4.69, 9.17) is 0 Å². The number of aliphatic hydroxyl groups is 4. The summed E-state index contributed by atoms with van der Waals surface area (Å²) in [5.41, 5.74) is -1.50. The van der Waals surface area contributed by atoms with Crippen LogP contribution in [0, 0.1) is 50.2 Å². The van der Waals surface area contributed by atoms with Crippen molar-refractivity contribution >= 4 is 5.97 Å². The number of carbonyl (C=O) groups is 1. The summed E-state index contributed by atoms with van der Waals surface area (Å²) in [5.74, 6) is -0.833. The fourth-order valence-electron chi connectivity index (χ4n) is 10.8. The number of aliphatic carboxylic acids is 1. The topological polar surface area (TPSA) is 118 Å². The molecule has 0 heterocycles. The maximum Gasteiger partial charge on any atom is 0.310 e.